The molecule has 8 N–H and O–H groups in total. The molecule has 13 heteroatoms. The third kappa shape index (κ3) is 7.27. The number of carbonyl (C=O) groups is 5. The summed E-state index contributed by atoms with van der Waals surface area (Å²) in [4.78, 5) is 69.6. The maximum absolute atomic E-state index is 13.0. The molecule has 4 unspecified atom stereocenters. The van der Waals surface area contributed by atoms with Crippen LogP contribution in [0.15, 0.2) is 12.5 Å². The van der Waals surface area contributed by atoms with E-state index in [2.05, 4.69) is 20.6 Å². The van der Waals surface area contributed by atoms with Gasteiger partial charge in [0.1, 0.15) is 18.1 Å². The van der Waals surface area contributed by atoms with Gasteiger partial charge in [-0.2, -0.15) is 0 Å². The highest BCUT2D eigenvalue weighted by molar-refractivity contribution is 5.94. The smallest absolute Gasteiger partial charge is 0.326 e. The van der Waals surface area contributed by atoms with Crippen molar-refractivity contribution in [3.05, 3.63) is 18.2 Å². The fraction of sp³-hybridized carbons (Fsp3) is 0.619. The number of likely N-dealkylation sites (tertiary alicyclic amines) is 1. The number of amides is 4. The molecule has 34 heavy (non-hydrogen) atoms. The van der Waals surface area contributed by atoms with Crippen molar-refractivity contribution in [1.82, 2.24) is 25.5 Å². The minimum atomic E-state index is -1.22. The van der Waals surface area contributed by atoms with Crippen LogP contribution in [0.4, 0.5) is 0 Å². The molecule has 4 atom stereocenters. The predicted molar refractivity (Wildman–Crippen MR) is 120 cm³/mol. The van der Waals surface area contributed by atoms with E-state index in [9.17, 15) is 29.1 Å². The number of carboxylic acid groups (broad SMARTS) is 1. The van der Waals surface area contributed by atoms with E-state index in [1.54, 1.807) is 20.0 Å². The standard InChI is InChI=1S/C21H33N7O6/c1-11(2)17(21(33)34)27-18(30)14(5-6-16(23)29)26-19(31)15-4-3-7-28(15)20(32)13(22)8-12-9-24-10-25-12/h9-11,13-15,17H,3-8,22H2,1-2H3,(H2,23,29)(H,24,25)(H,26,31)(H,27,30)(H,33,34). The van der Waals surface area contributed by atoms with Crippen molar-refractivity contribution in [3.63, 3.8) is 0 Å². The third-order valence-electron chi connectivity index (χ3n) is 5.69. The molecule has 0 saturated carbocycles. The number of aromatic amines is 1. The van der Waals surface area contributed by atoms with Crippen molar-refractivity contribution in [3.8, 4) is 0 Å². The maximum Gasteiger partial charge on any atom is 0.326 e. The fourth-order valence-corrected chi connectivity index (χ4v) is 3.83. The molecule has 0 radical (unpaired) electrons. The van der Waals surface area contributed by atoms with E-state index in [-0.39, 0.29) is 19.3 Å². The van der Waals surface area contributed by atoms with E-state index in [1.807, 2.05) is 0 Å². The Balaban J connectivity index is 2.09. The van der Waals surface area contributed by atoms with Gasteiger partial charge in [0, 0.05) is 31.3 Å². The van der Waals surface area contributed by atoms with Gasteiger partial charge in [0.25, 0.3) is 0 Å². The molecular weight excluding hydrogens is 446 g/mol. The van der Waals surface area contributed by atoms with Crippen LogP contribution in [-0.4, -0.2) is 80.3 Å². The average molecular weight is 480 g/mol. The van der Waals surface area contributed by atoms with Gasteiger partial charge in [-0.05, 0) is 25.2 Å². The number of hydrogen-bond acceptors (Lipinski definition) is 7. The molecule has 1 aliphatic rings. The molecule has 1 aliphatic heterocycles. The van der Waals surface area contributed by atoms with Crippen molar-refractivity contribution >= 4 is 29.6 Å². The zero-order valence-electron chi connectivity index (χ0n) is 19.3. The lowest BCUT2D eigenvalue weighted by atomic mass is 10.0. The fourth-order valence-electron chi connectivity index (χ4n) is 3.83. The SMILES string of the molecule is CC(C)C(NC(=O)C(CCC(N)=O)NC(=O)C1CCCN1C(=O)C(N)Cc1cnc[nH]1)C(=O)O. The highest BCUT2D eigenvalue weighted by Crippen LogP contribution is 2.19. The first-order chi connectivity index (χ1) is 16.0. The Hall–Kier alpha value is -3.48. The number of aliphatic carboxylic acids is 1. The van der Waals surface area contributed by atoms with Crippen LogP contribution in [0.2, 0.25) is 0 Å². The average Bonchev–Trinajstić information content (AvgIpc) is 3.45. The maximum atomic E-state index is 13.0. The summed E-state index contributed by atoms with van der Waals surface area (Å²) in [6.07, 6.45) is 3.90. The summed E-state index contributed by atoms with van der Waals surface area (Å²) in [6, 6.07) is -4.10. The predicted octanol–water partition coefficient (Wildman–Crippen LogP) is -1.75. The third-order valence-corrected chi connectivity index (χ3v) is 5.69. The number of nitrogens with zero attached hydrogens (tertiary/aromatic N) is 2. The normalized spacial score (nSPS) is 18.2. The summed E-state index contributed by atoms with van der Waals surface area (Å²) < 4.78 is 0. The largest absolute Gasteiger partial charge is 0.480 e. The second-order valence-corrected chi connectivity index (χ2v) is 8.71. The Morgan fingerprint density at radius 3 is 2.53 bits per heavy atom. The van der Waals surface area contributed by atoms with Gasteiger partial charge in [0.05, 0.1) is 12.4 Å². The first-order valence-corrected chi connectivity index (χ1v) is 11.2. The number of rotatable bonds is 12. The molecule has 1 aromatic heterocycles. The monoisotopic (exact) mass is 479 g/mol. The van der Waals surface area contributed by atoms with Gasteiger partial charge in [-0.1, -0.05) is 13.8 Å². The molecule has 0 aromatic carbocycles. The first-order valence-electron chi connectivity index (χ1n) is 11.2. The van der Waals surface area contributed by atoms with Crippen molar-refractivity contribution in [2.24, 2.45) is 17.4 Å². The molecule has 0 aliphatic carbocycles. The Kier molecular flexibility index (Phi) is 9.54. The molecule has 1 saturated heterocycles. The number of carbonyl (C=O) groups excluding carboxylic acids is 4. The van der Waals surface area contributed by atoms with Gasteiger partial charge in [0.2, 0.25) is 23.6 Å². The first kappa shape index (κ1) is 26.8. The molecule has 2 heterocycles. The lowest BCUT2D eigenvalue weighted by Gasteiger charge is -2.29. The molecule has 13 nitrogen and oxygen atoms in total. The Morgan fingerprint density at radius 1 is 1.26 bits per heavy atom. The van der Waals surface area contributed by atoms with Crippen molar-refractivity contribution in [2.75, 3.05) is 6.54 Å². The second-order valence-electron chi connectivity index (χ2n) is 8.71. The minimum absolute atomic E-state index is 0.114. The highest BCUT2D eigenvalue weighted by atomic mass is 16.4. The van der Waals surface area contributed by atoms with Gasteiger partial charge in [-0.15, -0.1) is 0 Å². The molecule has 4 amide bonds. The van der Waals surface area contributed by atoms with Gasteiger partial charge in [-0.3, -0.25) is 19.2 Å². The van der Waals surface area contributed by atoms with Crippen LogP contribution in [0, 0.1) is 5.92 Å². The van der Waals surface area contributed by atoms with E-state index in [1.165, 1.54) is 11.2 Å². The number of primary amides is 1. The topological polar surface area (TPSA) is 214 Å². The van der Waals surface area contributed by atoms with Gasteiger partial charge < -0.3 is 37.1 Å². The van der Waals surface area contributed by atoms with Crippen LogP contribution in [0.25, 0.3) is 0 Å². The molecular formula is C21H33N7O6. The lowest BCUT2D eigenvalue weighted by Crippen LogP contribution is -2.57. The number of nitrogens with two attached hydrogens (primary N) is 2. The molecule has 1 fully saturated rings. The summed E-state index contributed by atoms with van der Waals surface area (Å²) >= 11 is 0. The number of H-pyrrole nitrogens is 1. The van der Waals surface area contributed by atoms with Crippen LogP contribution in [0.3, 0.4) is 0 Å². The Morgan fingerprint density at radius 2 is 1.97 bits per heavy atom. The lowest BCUT2D eigenvalue weighted by molar-refractivity contribution is -0.144. The summed E-state index contributed by atoms with van der Waals surface area (Å²) in [5.41, 5.74) is 11.9. The van der Waals surface area contributed by atoms with Crippen LogP contribution < -0.4 is 22.1 Å². The van der Waals surface area contributed by atoms with Gasteiger partial charge in [0.15, 0.2) is 0 Å². The van der Waals surface area contributed by atoms with Crippen LogP contribution in [-0.2, 0) is 30.4 Å². The number of imidazole rings is 1. The van der Waals surface area contributed by atoms with Crippen molar-refractivity contribution in [2.45, 2.75) is 70.1 Å². The van der Waals surface area contributed by atoms with Crippen LogP contribution in [0.5, 0.6) is 0 Å². The summed E-state index contributed by atoms with van der Waals surface area (Å²) in [5, 5.41) is 14.3. The van der Waals surface area contributed by atoms with E-state index in [0.717, 1.165) is 0 Å². The van der Waals surface area contributed by atoms with E-state index >= 15 is 0 Å². The van der Waals surface area contributed by atoms with Gasteiger partial charge >= 0.3 is 5.97 Å². The summed E-state index contributed by atoms with van der Waals surface area (Å²) in [6.45, 7) is 3.59. The number of carboxylic acids is 1. The second kappa shape index (κ2) is 12.1. The molecule has 0 spiro atoms. The Bertz CT molecular complexity index is 888. The van der Waals surface area contributed by atoms with E-state index in [0.29, 0.717) is 25.1 Å². The minimum Gasteiger partial charge on any atom is -0.480 e. The number of aromatic nitrogens is 2. The summed E-state index contributed by atoms with van der Waals surface area (Å²) in [5.74, 6) is -4.04. The van der Waals surface area contributed by atoms with Crippen molar-refractivity contribution in [1.29, 1.82) is 0 Å². The van der Waals surface area contributed by atoms with E-state index < -0.39 is 59.7 Å². The molecule has 1 aromatic rings. The highest BCUT2D eigenvalue weighted by Gasteiger charge is 2.38. The molecule has 0 bridgehead atoms. The summed E-state index contributed by atoms with van der Waals surface area (Å²) in [7, 11) is 0. The zero-order chi connectivity index (χ0) is 25.4. The number of nitrogens with one attached hydrogen (secondary N) is 3. The van der Waals surface area contributed by atoms with E-state index in [4.69, 9.17) is 11.5 Å². The van der Waals surface area contributed by atoms with Crippen molar-refractivity contribution < 1.29 is 29.1 Å². The Labute approximate surface area is 197 Å². The zero-order valence-corrected chi connectivity index (χ0v) is 19.3. The van der Waals surface area contributed by atoms with Gasteiger partial charge in [-0.25, -0.2) is 9.78 Å². The molecule has 2 rings (SSSR count). The number of hydrogen-bond donors (Lipinski definition) is 6. The van der Waals surface area contributed by atoms with Crippen LogP contribution in [0.1, 0.15) is 45.2 Å². The van der Waals surface area contributed by atoms with Crippen LogP contribution >= 0.6 is 0 Å². The quantitative estimate of drug-likeness (QED) is 0.202. The molecule has 188 valence electrons.